The summed E-state index contributed by atoms with van der Waals surface area (Å²) < 4.78 is 10.8. The molecule has 0 rings (SSSR count). The summed E-state index contributed by atoms with van der Waals surface area (Å²) in [4.78, 5) is 11.9. The first kappa shape index (κ1) is 43.4. The average Bonchev–Trinajstić information content (AvgIpc) is 3.04. The lowest BCUT2D eigenvalue weighted by Crippen LogP contribution is -2.24. The molecule has 0 heterocycles. The van der Waals surface area contributed by atoms with Crippen molar-refractivity contribution >= 4 is 5.97 Å². The summed E-state index contributed by atoms with van der Waals surface area (Å²) >= 11 is 0. The Kier molecular flexibility index (Phi) is 37.1. The Morgan fingerprint density at radius 3 is 1.40 bits per heavy atom. The van der Waals surface area contributed by atoms with E-state index in [-0.39, 0.29) is 19.2 Å². The van der Waals surface area contributed by atoms with E-state index in [0.717, 1.165) is 38.5 Å². The molecule has 0 fully saturated rings. The molecule has 262 valence electrons. The summed E-state index contributed by atoms with van der Waals surface area (Å²) in [6.45, 7) is 5.43. The second kappa shape index (κ2) is 38.5. The van der Waals surface area contributed by atoms with Crippen molar-refractivity contribution in [1.82, 2.24) is 0 Å². The number of allylic oxidation sites excluding steroid dienone is 8. The van der Waals surface area contributed by atoms with Crippen LogP contribution in [-0.4, -0.2) is 37.0 Å². The number of esters is 1. The van der Waals surface area contributed by atoms with Crippen molar-refractivity contribution in [3.8, 4) is 0 Å². The molecule has 0 saturated carbocycles. The van der Waals surface area contributed by atoms with Crippen LogP contribution in [0.3, 0.4) is 0 Å². The molecule has 0 amide bonds. The van der Waals surface area contributed by atoms with Crippen LogP contribution in [0.15, 0.2) is 48.6 Å². The van der Waals surface area contributed by atoms with E-state index in [1.54, 1.807) is 0 Å². The fourth-order valence-electron chi connectivity index (χ4n) is 5.21. The van der Waals surface area contributed by atoms with E-state index in [1.807, 2.05) is 0 Å². The van der Waals surface area contributed by atoms with Gasteiger partial charge in [-0.25, -0.2) is 0 Å². The minimum atomic E-state index is -0.747. The van der Waals surface area contributed by atoms with Crippen molar-refractivity contribution < 1.29 is 19.4 Å². The van der Waals surface area contributed by atoms with E-state index >= 15 is 0 Å². The summed E-state index contributed by atoms with van der Waals surface area (Å²) in [6, 6.07) is 0. The highest BCUT2D eigenvalue weighted by Gasteiger charge is 2.09. The van der Waals surface area contributed by atoms with Crippen LogP contribution in [0.2, 0.25) is 0 Å². The lowest BCUT2D eigenvalue weighted by atomic mass is 10.0. The SMILES string of the molecule is CCCCCC=CCC=CCC=CCC=CCCCC(=O)OCC(O)COCCCCCCCCCCCCCCCCCC. The molecule has 0 aromatic rings. The molecule has 4 nitrogen and oxygen atoms in total. The summed E-state index contributed by atoms with van der Waals surface area (Å²) in [6.07, 6.45) is 48.6. The molecule has 0 aliphatic heterocycles. The summed E-state index contributed by atoms with van der Waals surface area (Å²) in [5.41, 5.74) is 0. The van der Waals surface area contributed by atoms with Crippen molar-refractivity contribution in [3.05, 3.63) is 48.6 Å². The zero-order valence-electron chi connectivity index (χ0n) is 29.9. The lowest BCUT2D eigenvalue weighted by Gasteiger charge is -2.12. The molecule has 45 heavy (non-hydrogen) atoms. The number of unbranched alkanes of at least 4 members (excludes halogenated alkanes) is 19. The normalized spacial score (nSPS) is 12.9. The molecule has 1 atom stereocenters. The highest BCUT2D eigenvalue weighted by Crippen LogP contribution is 2.14. The summed E-state index contributed by atoms with van der Waals surface area (Å²) in [5, 5.41) is 10.0. The van der Waals surface area contributed by atoms with Crippen LogP contribution < -0.4 is 0 Å². The highest BCUT2D eigenvalue weighted by molar-refractivity contribution is 5.69. The molecular formula is C41H74O4. The van der Waals surface area contributed by atoms with Gasteiger partial charge in [-0.2, -0.15) is 0 Å². The van der Waals surface area contributed by atoms with Crippen LogP contribution >= 0.6 is 0 Å². The molecule has 0 spiro atoms. The Balaban J connectivity index is 3.41. The molecule has 0 aromatic heterocycles. The van der Waals surface area contributed by atoms with Crippen LogP contribution in [0.4, 0.5) is 0 Å². The third kappa shape index (κ3) is 38.4. The Bertz CT molecular complexity index is 708. The molecule has 0 saturated heterocycles. The molecule has 0 aliphatic rings. The number of rotatable bonds is 35. The third-order valence-electron chi connectivity index (χ3n) is 8.10. The molecule has 1 N–H and O–H groups in total. The maximum absolute atomic E-state index is 11.9. The number of aliphatic hydroxyl groups is 1. The lowest BCUT2D eigenvalue weighted by molar-refractivity contribution is -0.147. The van der Waals surface area contributed by atoms with E-state index in [1.165, 1.54) is 122 Å². The van der Waals surface area contributed by atoms with Gasteiger partial charge in [0.25, 0.3) is 0 Å². The average molecular weight is 631 g/mol. The van der Waals surface area contributed by atoms with E-state index < -0.39 is 6.10 Å². The van der Waals surface area contributed by atoms with Gasteiger partial charge >= 0.3 is 5.97 Å². The highest BCUT2D eigenvalue weighted by atomic mass is 16.5. The smallest absolute Gasteiger partial charge is 0.305 e. The Hall–Kier alpha value is -1.65. The predicted molar refractivity (Wildman–Crippen MR) is 196 cm³/mol. The van der Waals surface area contributed by atoms with Crippen molar-refractivity contribution in [2.24, 2.45) is 0 Å². The number of carbonyl (C=O) groups is 1. The zero-order chi connectivity index (χ0) is 32.7. The van der Waals surface area contributed by atoms with E-state index in [4.69, 9.17) is 9.47 Å². The molecule has 0 aromatic carbocycles. The predicted octanol–water partition coefficient (Wildman–Crippen LogP) is 12.3. The minimum Gasteiger partial charge on any atom is -0.463 e. The van der Waals surface area contributed by atoms with Crippen LogP contribution in [-0.2, 0) is 14.3 Å². The summed E-state index contributed by atoms with van der Waals surface area (Å²) in [7, 11) is 0. The first-order chi connectivity index (χ1) is 22.2. The topological polar surface area (TPSA) is 55.8 Å². The van der Waals surface area contributed by atoms with Gasteiger partial charge in [-0.15, -0.1) is 0 Å². The van der Waals surface area contributed by atoms with Crippen molar-refractivity contribution in [2.45, 2.75) is 187 Å². The number of aliphatic hydroxyl groups excluding tert-OH is 1. The van der Waals surface area contributed by atoms with Crippen LogP contribution in [0.1, 0.15) is 181 Å². The van der Waals surface area contributed by atoms with Gasteiger partial charge < -0.3 is 14.6 Å². The monoisotopic (exact) mass is 631 g/mol. The van der Waals surface area contributed by atoms with Gasteiger partial charge in [-0.3, -0.25) is 4.79 Å². The molecule has 0 bridgehead atoms. The van der Waals surface area contributed by atoms with Gasteiger partial charge in [0.2, 0.25) is 0 Å². The van der Waals surface area contributed by atoms with Gasteiger partial charge in [-0.05, 0) is 51.4 Å². The maximum atomic E-state index is 11.9. The van der Waals surface area contributed by atoms with Crippen LogP contribution in [0.5, 0.6) is 0 Å². The van der Waals surface area contributed by atoms with Gasteiger partial charge in [0.05, 0.1) is 6.61 Å². The zero-order valence-corrected chi connectivity index (χ0v) is 29.9. The van der Waals surface area contributed by atoms with Crippen molar-refractivity contribution in [2.75, 3.05) is 19.8 Å². The van der Waals surface area contributed by atoms with Crippen molar-refractivity contribution in [3.63, 3.8) is 0 Å². The second-order valence-corrected chi connectivity index (χ2v) is 12.7. The Labute approximate surface area is 280 Å². The molecular weight excluding hydrogens is 556 g/mol. The van der Waals surface area contributed by atoms with Gasteiger partial charge in [-0.1, -0.05) is 172 Å². The largest absolute Gasteiger partial charge is 0.463 e. The Morgan fingerprint density at radius 2 is 0.911 bits per heavy atom. The minimum absolute atomic E-state index is 0.0160. The number of hydrogen-bond donors (Lipinski definition) is 1. The molecule has 4 heteroatoms. The van der Waals surface area contributed by atoms with Crippen LogP contribution in [0.25, 0.3) is 0 Å². The molecule has 0 radical (unpaired) electrons. The van der Waals surface area contributed by atoms with Gasteiger partial charge in [0.15, 0.2) is 0 Å². The van der Waals surface area contributed by atoms with Crippen LogP contribution in [0, 0.1) is 0 Å². The second-order valence-electron chi connectivity index (χ2n) is 12.7. The number of ether oxygens (including phenoxy) is 2. The Morgan fingerprint density at radius 1 is 0.511 bits per heavy atom. The van der Waals surface area contributed by atoms with E-state index in [2.05, 4.69) is 62.5 Å². The van der Waals surface area contributed by atoms with Gasteiger partial charge in [0.1, 0.15) is 12.7 Å². The number of hydrogen-bond acceptors (Lipinski definition) is 4. The third-order valence-corrected chi connectivity index (χ3v) is 8.10. The fraction of sp³-hybridized carbons (Fsp3) is 0.780. The van der Waals surface area contributed by atoms with E-state index in [9.17, 15) is 9.90 Å². The quantitative estimate of drug-likeness (QED) is 0.0430. The molecule has 0 aliphatic carbocycles. The van der Waals surface area contributed by atoms with Crippen molar-refractivity contribution in [1.29, 1.82) is 0 Å². The standard InChI is InChI=1S/C41H74O4/c1-3-5-7-9-11-13-15-17-19-21-22-24-26-28-30-32-34-36-41(43)45-39-40(42)38-44-37-35-33-31-29-27-25-23-20-18-16-14-12-10-8-6-4-2/h11,13,17,19,22,24,28,30,40,42H,3-10,12,14-16,18,20-21,23,25-27,29,31-39H2,1-2H3. The fourth-order valence-corrected chi connectivity index (χ4v) is 5.21. The van der Waals surface area contributed by atoms with Gasteiger partial charge in [0, 0.05) is 13.0 Å². The first-order valence-corrected chi connectivity index (χ1v) is 19.2. The number of carbonyl (C=O) groups excluding carboxylic acids is 1. The summed E-state index contributed by atoms with van der Waals surface area (Å²) in [5.74, 6) is -0.247. The first-order valence-electron chi connectivity index (χ1n) is 19.2. The molecule has 1 unspecified atom stereocenters. The van der Waals surface area contributed by atoms with E-state index in [0.29, 0.717) is 13.0 Å². The maximum Gasteiger partial charge on any atom is 0.305 e.